The molecule has 218 valence electrons. The number of carbonyl (C=O) groups excluding carboxylic acids is 3. The quantitative estimate of drug-likeness (QED) is 0.476. The van der Waals surface area contributed by atoms with Crippen molar-refractivity contribution in [2.45, 2.75) is 51.2 Å². The average molecular weight is 552 g/mol. The average Bonchev–Trinajstić information content (AvgIpc) is 3.29. The minimum Gasteiger partial charge on any atom is -0.369 e. The number of fused-ring (bicyclic) bond motifs is 1. The fraction of sp³-hybridized carbons (Fsp3) is 0.700. The smallest absolute Gasteiger partial charge is 0.255 e. The summed E-state index contributed by atoms with van der Waals surface area (Å²) in [4.78, 5) is 48.9. The molecule has 6 rings (SSSR count). The molecule has 2 N–H and O–H groups in total. The molecular weight excluding hydrogens is 506 g/mol. The lowest BCUT2D eigenvalue weighted by atomic mass is 9.96. The number of hydrogen-bond acceptors (Lipinski definition) is 8. The van der Waals surface area contributed by atoms with E-state index in [9.17, 15) is 14.4 Å². The predicted molar refractivity (Wildman–Crippen MR) is 154 cm³/mol. The van der Waals surface area contributed by atoms with Crippen molar-refractivity contribution in [3.63, 3.8) is 0 Å². The van der Waals surface area contributed by atoms with Crippen LogP contribution in [0.15, 0.2) is 18.2 Å². The molecule has 1 aromatic carbocycles. The van der Waals surface area contributed by atoms with E-state index in [1.807, 2.05) is 6.07 Å². The Balaban J connectivity index is 0.942. The lowest BCUT2D eigenvalue weighted by Crippen LogP contribution is -2.52. The molecule has 0 saturated carbocycles. The summed E-state index contributed by atoms with van der Waals surface area (Å²) < 4.78 is 0. The van der Waals surface area contributed by atoms with E-state index in [-0.39, 0.29) is 24.1 Å². The van der Waals surface area contributed by atoms with Crippen molar-refractivity contribution in [3.05, 3.63) is 29.3 Å². The summed E-state index contributed by atoms with van der Waals surface area (Å²) in [5, 5.41) is 5.87. The molecule has 2 atom stereocenters. The lowest BCUT2D eigenvalue weighted by molar-refractivity contribution is -0.136. The molecule has 5 aliphatic heterocycles. The monoisotopic (exact) mass is 551 g/mol. The maximum Gasteiger partial charge on any atom is 0.255 e. The van der Waals surface area contributed by atoms with E-state index < -0.39 is 6.04 Å². The summed E-state index contributed by atoms with van der Waals surface area (Å²) >= 11 is 0. The summed E-state index contributed by atoms with van der Waals surface area (Å²) in [6, 6.07) is 6.19. The number of carbonyl (C=O) groups is 3. The van der Waals surface area contributed by atoms with Gasteiger partial charge < -0.3 is 20.0 Å². The summed E-state index contributed by atoms with van der Waals surface area (Å²) in [5.74, 6) is 0.0769. The molecular formula is C30H45N7O3. The van der Waals surface area contributed by atoms with Crippen LogP contribution in [0, 0.1) is 5.92 Å². The minimum absolute atomic E-state index is 0.106. The van der Waals surface area contributed by atoms with Crippen molar-refractivity contribution < 1.29 is 14.4 Å². The van der Waals surface area contributed by atoms with Gasteiger partial charge in [0.05, 0.1) is 0 Å². The first-order valence-electron chi connectivity index (χ1n) is 15.4. The van der Waals surface area contributed by atoms with Gasteiger partial charge in [0.15, 0.2) is 0 Å². The third-order valence-electron chi connectivity index (χ3n) is 9.81. The van der Waals surface area contributed by atoms with E-state index in [2.05, 4.69) is 49.3 Å². The van der Waals surface area contributed by atoms with E-state index in [0.717, 1.165) is 56.4 Å². The SMILES string of the molecule is CC1CNCCN1CCN1CCC(CN2CCN(c3ccc4c(c3)CN(C3CCC(=O)NC3=O)C4=O)CC2)CC1. The summed E-state index contributed by atoms with van der Waals surface area (Å²) in [5.41, 5.74) is 2.82. The number of nitrogens with one attached hydrogen (secondary N) is 2. The van der Waals surface area contributed by atoms with E-state index in [4.69, 9.17) is 0 Å². The Morgan fingerprint density at radius 3 is 2.45 bits per heavy atom. The van der Waals surface area contributed by atoms with Crippen LogP contribution in [0.2, 0.25) is 0 Å². The van der Waals surface area contributed by atoms with Crippen LogP contribution in [0.4, 0.5) is 5.69 Å². The zero-order valence-corrected chi connectivity index (χ0v) is 23.9. The Morgan fingerprint density at radius 1 is 0.900 bits per heavy atom. The van der Waals surface area contributed by atoms with E-state index >= 15 is 0 Å². The standard InChI is InChI=1S/C30H45N7O3/c1-22-19-31-8-11-35(22)15-12-33-9-6-23(7-10-33)20-34-13-16-36(17-14-34)25-2-3-26-24(18-25)21-37(30(26)40)27-4-5-28(38)32-29(27)39/h2-3,18,22-23,27,31H,4-17,19-21H2,1H3,(H,32,38,39). The number of piperazine rings is 2. The van der Waals surface area contributed by atoms with Crippen LogP contribution in [0.5, 0.6) is 0 Å². The number of nitrogens with zero attached hydrogens (tertiary/aromatic N) is 5. The largest absolute Gasteiger partial charge is 0.369 e. The Morgan fingerprint density at radius 2 is 1.70 bits per heavy atom. The summed E-state index contributed by atoms with van der Waals surface area (Å²) in [6.45, 7) is 16.4. The topological polar surface area (TPSA) is 91.5 Å². The van der Waals surface area contributed by atoms with Crippen molar-refractivity contribution in [1.82, 2.24) is 30.2 Å². The van der Waals surface area contributed by atoms with Gasteiger partial charge in [-0.3, -0.25) is 29.5 Å². The second-order valence-corrected chi connectivity index (χ2v) is 12.4. The van der Waals surface area contributed by atoms with Gasteiger partial charge in [-0.25, -0.2) is 0 Å². The lowest BCUT2D eigenvalue weighted by Gasteiger charge is -2.40. The van der Waals surface area contributed by atoms with Crippen molar-refractivity contribution in [2.24, 2.45) is 5.92 Å². The Labute approximate surface area is 238 Å². The van der Waals surface area contributed by atoms with Gasteiger partial charge >= 0.3 is 0 Å². The van der Waals surface area contributed by atoms with Gasteiger partial charge in [0.1, 0.15) is 6.04 Å². The second-order valence-electron chi connectivity index (χ2n) is 12.4. The van der Waals surface area contributed by atoms with E-state index in [0.29, 0.717) is 24.6 Å². The highest BCUT2D eigenvalue weighted by Gasteiger charge is 2.39. The van der Waals surface area contributed by atoms with Gasteiger partial charge in [-0.2, -0.15) is 0 Å². The maximum absolute atomic E-state index is 13.0. The van der Waals surface area contributed by atoms with Crippen molar-refractivity contribution in [2.75, 3.05) is 83.4 Å². The number of piperidine rings is 2. The first-order valence-corrected chi connectivity index (χ1v) is 15.4. The molecule has 4 fully saturated rings. The number of anilines is 1. The third kappa shape index (κ3) is 6.05. The third-order valence-corrected chi connectivity index (χ3v) is 9.81. The highest BCUT2D eigenvalue weighted by molar-refractivity contribution is 6.05. The van der Waals surface area contributed by atoms with E-state index in [1.54, 1.807) is 4.90 Å². The molecule has 2 unspecified atom stereocenters. The molecule has 3 amide bonds. The molecule has 0 bridgehead atoms. The maximum atomic E-state index is 13.0. The number of hydrogen-bond donors (Lipinski definition) is 2. The highest BCUT2D eigenvalue weighted by Crippen LogP contribution is 2.31. The Bertz CT molecular complexity index is 1100. The molecule has 5 aliphatic rings. The highest BCUT2D eigenvalue weighted by atomic mass is 16.2. The number of likely N-dealkylation sites (tertiary alicyclic amines) is 1. The zero-order chi connectivity index (χ0) is 27.6. The molecule has 0 spiro atoms. The number of amides is 3. The van der Waals surface area contributed by atoms with Crippen molar-refractivity contribution >= 4 is 23.4 Å². The van der Waals surface area contributed by atoms with Crippen molar-refractivity contribution in [1.29, 1.82) is 0 Å². The number of rotatable bonds is 7. The van der Waals surface area contributed by atoms with Gasteiger partial charge in [0.2, 0.25) is 11.8 Å². The summed E-state index contributed by atoms with van der Waals surface area (Å²) in [7, 11) is 0. The minimum atomic E-state index is -0.563. The van der Waals surface area contributed by atoms with Gasteiger partial charge in [-0.05, 0) is 69.0 Å². The van der Waals surface area contributed by atoms with Gasteiger partial charge in [0, 0.05) is 95.7 Å². The first-order chi connectivity index (χ1) is 19.4. The molecule has 5 heterocycles. The fourth-order valence-electron chi connectivity index (χ4n) is 7.19. The molecule has 0 aromatic heterocycles. The molecule has 10 heteroatoms. The predicted octanol–water partition coefficient (Wildman–Crippen LogP) is 0.575. The molecule has 0 radical (unpaired) electrons. The Hall–Kier alpha value is -2.53. The van der Waals surface area contributed by atoms with Gasteiger partial charge in [-0.15, -0.1) is 0 Å². The second kappa shape index (κ2) is 12.1. The molecule has 10 nitrogen and oxygen atoms in total. The molecule has 1 aromatic rings. The van der Waals surface area contributed by atoms with Crippen molar-refractivity contribution in [3.8, 4) is 0 Å². The van der Waals surface area contributed by atoms with Crippen LogP contribution < -0.4 is 15.5 Å². The summed E-state index contributed by atoms with van der Waals surface area (Å²) in [6.07, 6.45) is 3.29. The van der Waals surface area contributed by atoms with Gasteiger partial charge in [0.25, 0.3) is 5.91 Å². The number of benzene rings is 1. The number of imide groups is 1. The van der Waals surface area contributed by atoms with Crippen LogP contribution >= 0.6 is 0 Å². The fourth-order valence-corrected chi connectivity index (χ4v) is 7.19. The van der Waals surface area contributed by atoms with Crippen LogP contribution in [-0.4, -0.2) is 128 Å². The van der Waals surface area contributed by atoms with Gasteiger partial charge in [-0.1, -0.05) is 0 Å². The molecule has 40 heavy (non-hydrogen) atoms. The van der Waals surface area contributed by atoms with E-state index in [1.165, 1.54) is 52.1 Å². The van der Waals surface area contributed by atoms with Crippen LogP contribution in [0.3, 0.4) is 0 Å². The Kier molecular flexibility index (Phi) is 8.39. The van der Waals surface area contributed by atoms with Crippen LogP contribution in [-0.2, 0) is 16.1 Å². The van der Waals surface area contributed by atoms with Crippen LogP contribution in [0.25, 0.3) is 0 Å². The zero-order valence-electron chi connectivity index (χ0n) is 23.9. The molecule has 4 saturated heterocycles. The molecule has 0 aliphatic carbocycles. The van der Waals surface area contributed by atoms with Crippen LogP contribution in [0.1, 0.15) is 48.5 Å². The first kappa shape index (κ1) is 27.6. The normalized spacial score (nSPS) is 27.8.